The Labute approximate surface area is 162 Å². The molecule has 0 bridgehead atoms. The highest BCUT2D eigenvalue weighted by Gasteiger charge is 2.27. The van der Waals surface area contributed by atoms with E-state index in [1.807, 2.05) is 35.8 Å². The van der Waals surface area contributed by atoms with Crippen molar-refractivity contribution in [2.45, 2.75) is 49.7 Å². The number of nitrogens with zero attached hydrogens (tertiary/aromatic N) is 3. The zero-order valence-electron chi connectivity index (χ0n) is 15.4. The molecule has 1 aromatic carbocycles. The van der Waals surface area contributed by atoms with E-state index in [1.54, 1.807) is 6.26 Å². The Kier molecular flexibility index (Phi) is 5.03. The van der Waals surface area contributed by atoms with Crippen LogP contribution < -0.4 is 5.32 Å². The van der Waals surface area contributed by atoms with Crippen molar-refractivity contribution in [3.63, 3.8) is 0 Å². The van der Waals surface area contributed by atoms with Crippen molar-refractivity contribution < 1.29 is 9.21 Å². The van der Waals surface area contributed by atoms with E-state index in [9.17, 15) is 4.79 Å². The van der Waals surface area contributed by atoms with Crippen LogP contribution in [0.2, 0.25) is 0 Å². The van der Waals surface area contributed by atoms with Gasteiger partial charge >= 0.3 is 0 Å². The van der Waals surface area contributed by atoms with E-state index in [0.717, 1.165) is 35.6 Å². The molecule has 1 aliphatic rings. The average Bonchev–Trinajstić information content (AvgIpc) is 3.15. The fraction of sp³-hybridized carbons (Fsp3) is 0.350. The van der Waals surface area contributed by atoms with Crippen LogP contribution in [0.1, 0.15) is 31.1 Å². The number of thioether (sulfide) groups is 1. The number of amides is 1. The normalized spacial score (nSPS) is 14.9. The van der Waals surface area contributed by atoms with Crippen LogP contribution in [-0.4, -0.2) is 32.0 Å². The summed E-state index contributed by atoms with van der Waals surface area (Å²) in [5.74, 6) is 1.64. The number of aromatic nitrogens is 3. The minimum atomic E-state index is -0.240. The van der Waals surface area contributed by atoms with Crippen LogP contribution in [0.15, 0.2) is 52.2 Å². The first kappa shape index (κ1) is 17.9. The molecule has 4 rings (SSSR count). The van der Waals surface area contributed by atoms with E-state index in [4.69, 9.17) is 4.42 Å². The second kappa shape index (κ2) is 7.60. The van der Waals surface area contributed by atoms with Crippen LogP contribution in [0.5, 0.6) is 0 Å². The summed E-state index contributed by atoms with van der Waals surface area (Å²) in [7, 11) is 0. The lowest BCUT2D eigenvalue weighted by atomic mass is 10.1. The van der Waals surface area contributed by atoms with E-state index in [-0.39, 0.29) is 11.2 Å². The van der Waals surface area contributed by atoms with Gasteiger partial charge in [0.1, 0.15) is 5.76 Å². The molecule has 6 nitrogen and oxygen atoms in total. The molecule has 1 amide bonds. The Bertz CT molecular complexity index is 931. The van der Waals surface area contributed by atoms with Gasteiger partial charge in [0.2, 0.25) is 5.91 Å². The van der Waals surface area contributed by atoms with Crippen LogP contribution in [0.3, 0.4) is 0 Å². The minimum Gasteiger partial charge on any atom is -0.467 e. The molecule has 0 saturated heterocycles. The maximum Gasteiger partial charge on any atom is 0.233 e. The largest absolute Gasteiger partial charge is 0.467 e. The third kappa shape index (κ3) is 4.24. The second-order valence-corrected chi connectivity index (χ2v) is 8.19. The van der Waals surface area contributed by atoms with E-state index in [2.05, 4.69) is 34.6 Å². The fourth-order valence-electron chi connectivity index (χ4n) is 2.83. The molecule has 1 fully saturated rings. The Balaban J connectivity index is 1.63. The lowest BCUT2D eigenvalue weighted by molar-refractivity contribution is -0.120. The first-order valence-electron chi connectivity index (χ1n) is 9.10. The van der Waals surface area contributed by atoms with E-state index < -0.39 is 0 Å². The van der Waals surface area contributed by atoms with Crippen molar-refractivity contribution in [3.05, 3.63) is 54.0 Å². The molecule has 1 aliphatic carbocycles. The Morgan fingerprint density at radius 3 is 2.89 bits per heavy atom. The van der Waals surface area contributed by atoms with Gasteiger partial charge in [-0.1, -0.05) is 35.5 Å². The van der Waals surface area contributed by atoms with Crippen molar-refractivity contribution in [3.8, 4) is 11.4 Å². The number of benzene rings is 1. The molecule has 1 N–H and O–H groups in total. The van der Waals surface area contributed by atoms with Crippen molar-refractivity contribution in [1.29, 1.82) is 0 Å². The number of furan rings is 1. The Hall–Kier alpha value is -2.54. The molecule has 0 spiro atoms. The molecule has 1 atom stereocenters. The van der Waals surface area contributed by atoms with Crippen molar-refractivity contribution >= 4 is 17.7 Å². The SMILES string of the molecule is Cc1cccc(-c2nnc(SC(C)C(=O)NC3CC3)n2Cc2ccco2)c1. The lowest BCUT2D eigenvalue weighted by Gasteiger charge is -2.13. The van der Waals surface area contributed by atoms with Crippen LogP contribution in [0.25, 0.3) is 11.4 Å². The summed E-state index contributed by atoms with van der Waals surface area (Å²) in [6, 6.07) is 12.3. The topological polar surface area (TPSA) is 73.0 Å². The smallest absolute Gasteiger partial charge is 0.233 e. The molecule has 1 unspecified atom stereocenters. The van der Waals surface area contributed by atoms with E-state index in [0.29, 0.717) is 17.7 Å². The van der Waals surface area contributed by atoms with Crippen molar-refractivity contribution in [1.82, 2.24) is 20.1 Å². The van der Waals surface area contributed by atoms with E-state index >= 15 is 0 Å². The number of hydrogen-bond acceptors (Lipinski definition) is 5. The molecule has 0 radical (unpaired) electrons. The Morgan fingerprint density at radius 2 is 2.19 bits per heavy atom. The number of aryl methyl sites for hydroxylation is 1. The monoisotopic (exact) mass is 382 g/mol. The van der Waals surface area contributed by atoms with Gasteiger partial charge in [0.15, 0.2) is 11.0 Å². The first-order chi connectivity index (χ1) is 13.1. The summed E-state index contributed by atoms with van der Waals surface area (Å²) in [5, 5.41) is 12.3. The summed E-state index contributed by atoms with van der Waals surface area (Å²) >= 11 is 1.43. The van der Waals surface area contributed by atoms with Crippen LogP contribution in [0, 0.1) is 6.92 Å². The second-order valence-electron chi connectivity index (χ2n) is 6.88. The fourth-order valence-corrected chi connectivity index (χ4v) is 3.69. The third-order valence-electron chi connectivity index (χ3n) is 4.46. The van der Waals surface area contributed by atoms with Gasteiger partial charge in [0, 0.05) is 11.6 Å². The third-order valence-corrected chi connectivity index (χ3v) is 5.54. The summed E-state index contributed by atoms with van der Waals surface area (Å²) in [6.07, 6.45) is 3.81. The number of rotatable bonds is 7. The standard InChI is InChI=1S/C20H22N4O2S/c1-13-5-3-6-15(11-13)18-22-23-20(24(18)12-17-7-4-10-26-17)27-14(2)19(25)21-16-8-9-16/h3-7,10-11,14,16H,8-9,12H2,1-2H3,(H,21,25). The number of carbonyl (C=O) groups is 1. The average molecular weight is 382 g/mol. The van der Waals surface area contributed by atoms with Gasteiger partial charge in [0.25, 0.3) is 0 Å². The summed E-state index contributed by atoms with van der Waals surface area (Å²) in [5.41, 5.74) is 2.16. The highest BCUT2D eigenvalue weighted by Crippen LogP contribution is 2.29. The summed E-state index contributed by atoms with van der Waals surface area (Å²) < 4.78 is 7.54. The van der Waals surface area contributed by atoms with E-state index in [1.165, 1.54) is 11.8 Å². The predicted molar refractivity (Wildman–Crippen MR) is 104 cm³/mol. The van der Waals surface area contributed by atoms with Crippen LogP contribution in [0.4, 0.5) is 0 Å². The van der Waals surface area contributed by atoms with Crippen molar-refractivity contribution in [2.75, 3.05) is 0 Å². The molecule has 140 valence electrons. The van der Waals surface area contributed by atoms with Crippen LogP contribution in [-0.2, 0) is 11.3 Å². The minimum absolute atomic E-state index is 0.0483. The first-order valence-corrected chi connectivity index (χ1v) is 9.98. The van der Waals surface area contributed by atoms with Gasteiger partial charge in [-0.25, -0.2) is 0 Å². The molecular weight excluding hydrogens is 360 g/mol. The predicted octanol–water partition coefficient (Wildman–Crippen LogP) is 3.65. The zero-order chi connectivity index (χ0) is 18.8. The van der Waals surface area contributed by atoms with Gasteiger partial charge in [-0.15, -0.1) is 10.2 Å². The highest BCUT2D eigenvalue weighted by atomic mass is 32.2. The molecule has 2 heterocycles. The van der Waals surface area contributed by atoms with Gasteiger partial charge in [-0.3, -0.25) is 9.36 Å². The van der Waals surface area contributed by atoms with Gasteiger partial charge in [0.05, 0.1) is 18.1 Å². The van der Waals surface area contributed by atoms with Gasteiger partial charge in [-0.2, -0.15) is 0 Å². The van der Waals surface area contributed by atoms with Crippen LogP contribution >= 0.6 is 11.8 Å². The molecule has 1 saturated carbocycles. The maximum atomic E-state index is 12.3. The molecule has 7 heteroatoms. The van der Waals surface area contributed by atoms with Gasteiger partial charge < -0.3 is 9.73 Å². The van der Waals surface area contributed by atoms with Gasteiger partial charge in [-0.05, 0) is 44.9 Å². The highest BCUT2D eigenvalue weighted by molar-refractivity contribution is 8.00. The molecule has 3 aromatic rings. The number of hydrogen-bond donors (Lipinski definition) is 1. The molecular formula is C20H22N4O2S. The quantitative estimate of drug-likeness (QED) is 0.632. The molecule has 27 heavy (non-hydrogen) atoms. The summed E-state index contributed by atoms with van der Waals surface area (Å²) in [6.45, 7) is 4.47. The number of carbonyl (C=O) groups excluding carboxylic acids is 1. The Morgan fingerprint density at radius 1 is 1.33 bits per heavy atom. The molecule has 2 aromatic heterocycles. The summed E-state index contributed by atoms with van der Waals surface area (Å²) in [4.78, 5) is 12.3. The molecule has 0 aliphatic heterocycles. The lowest BCUT2D eigenvalue weighted by Crippen LogP contribution is -2.32. The maximum absolute atomic E-state index is 12.3. The van der Waals surface area contributed by atoms with Crippen molar-refractivity contribution in [2.24, 2.45) is 0 Å². The zero-order valence-corrected chi connectivity index (χ0v) is 16.2. The number of nitrogens with one attached hydrogen (secondary N) is 1.